The van der Waals surface area contributed by atoms with Gasteiger partial charge in [-0.25, -0.2) is 4.98 Å². The lowest BCUT2D eigenvalue weighted by Crippen LogP contribution is -2.15. The molecule has 5 nitrogen and oxygen atoms in total. The van der Waals surface area contributed by atoms with Crippen molar-refractivity contribution in [3.8, 4) is 0 Å². The second-order valence-corrected chi connectivity index (χ2v) is 6.39. The van der Waals surface area contributed by atoms with E-state index < -0.39 is 0 Å². The number of imidazole rings is 1. The first kappa shape index (κ1) is 15.7. The first-order chi connectivity index (χ1) is 12.4. The van der Waals surface area contributed by atoms with Gasteiger partial charge in [0.25, 0.3) is 0 Å². The van der Waals surface area contributed by atoms with Crippen LogP contribution in [0.25, 0.3) is 0 Å². The molecule has 128 valence electrons. The summed E-state index contributed by atoms with van der Waals surface area (Å²) < 4.78 is 2.40. The highest BCUT2D eigenvalue weighted by molar-refractivity contribution is 5.61. The SMILES string of the molecule is c1cc(Nc2ccc(NCCc3cnc4n3CCCC4)cc2)ccn1. The van der Waals surface area contributed by atoms with Gasteiger partial charge in [0.2, 0.25) is 0 Å². The molecule has 0 saturated heterocycles. The van der Waals surface area contributed by atoms with Crippen LogP contribution in [0.2, 0.25) is 0 Å². The molecule has 0 bridgehead atoms. The van der Waals surface area contributed by atoms with Crippen LogP contribution in [-0.2, 0) is 19.4 Å². The Balaban J connectivity index is 1.30. The molecule has 0 radical (unpaired) electrons. The van der Waals surface area contributed by atoms with Crippen molar-refractivity contribution in [3.05, 3.63) is 66.5 Å². The van der Waals surface area contributed by atoms with Gasteiger partial charge in [-0.3, -0.25) is 4.98 Å². The molecule has 0 saturated carbocycles. The number of hydrogen-bond donors (Lipinski definition) is 2. The molecule has 3 aromatic rings. The lowest BCUT2D eigenvalue weighted by atomic mass is 10.1. The van der Waals surface area contributed by atoms with Crippen molar-refractivity contribution in [2.45, 2.75) is 32.2 Å². The molecule has 0 fully saturated rings. The smallest absolute Gasteiger partial charge is 0.108 e. The monoisotopic (exact) mass is 333 g/mol. The molecule has 3 heterocycles. The highest BCUT2D eigenvalue weighted by Crippen LogP contribution is 2.19. The Hall–Kier alpha value is -2.82. The third-order valence-corrected chi connectivity index (χ3v) is 4.62. The molecule has 5 heteroatoms. The maximum atomic E-state index is 4.56. The minimum Gasteiger partial charge on any atom is -0.385 e. The average Bonchev–Trinajstić information content (AvgIpc) is 3.07. The molecule has 2 aromatic heterocycles. The summed E-state index contributed by atoms with van der Waals surface area (Å²) in [5, 5.41) is 6.87. The maximum Gasteiger partial charge on any atom is 0.108 e. The quantitative estimate of drug-likeness (QED) is 0.715. The van der Waals surface area contributed by atoms with Crippen LogP contribution in [0.3, 0.4) is 0 Å². The summed E-state index contributed by atoms with van der Waals surface area (Å²) in [7, 11) is 0. The lowest BCUT2D eigenvalue weighted by Gasteiger charge is -2.16. The molecule has 25 heavy (non-hydrogen) atoms. The van der Waals surface area contributed by atoms with Crippen molar-refractivity contribution in [1.82, 2.24) is 14.5 Å². The predicted octanol–water partition coefficient (Wildman–Crippen LogP) is 4.01. The Morgan fingerprint density at radius 3 is 2.52 bits per heavy atom. The molecular weight excluding hydrogens is 310 g/mol. The fourth-order valence-corrected chi connectivity index (χ4v) is 3.29. The van der Waals surface area contributed by atoms with Crippen molar-refractivity contribution in [2.75, 3.05) is 17.2 Å². The van der Waals surface area contributed by atoms with Crippen molar-refractivity contribution in [2.24, 2.45) is 0 Å². The zero-order chi connectivity index (χ0) is 16.9. The van der Waals surface area contributed by atoms with E-state index in [1.54, 1.807) is 12.4 Å². The molecule has 0 aliphatic carbocycles. The van der Waals surface area contributed by atoms with Crippen molar-refractivity contribution >= 4 is 17.1 Å². The van der Waals surface area contributed by atoms with Gasteiger partial charge in [-0.1, -0.05) is 0 Å². The summed E-state index contributed by atoms with van der Waals surface area (Å²) in [4.78, 5) is 8.58. The molecule has 2 N–H and O–H groups in total. The lowest BCUT2D eigenvalue weighted by molar-refractivity contribution is 0.509. The maximum absolute atomic E-state index is 4.56. The Kier molecular flexibility index (Phi) is 4.63. The van der Waals surface area contributed by atoms with Crippen LogP contribution in [0.5, 0.6) is 0 Å². The van der Waals surface area contributed by atoms with Gasteiger partial charge < -0.3 is 15.2 Å². The van der Waals surface area contributed by atoms with Crippen LogP contribution in [0, 0.1) is 0 Å². The summed E-state index contributed by atoms with van der Waals surface area (Å²) in [6, 6.07) is 12.3. The Bertz CT molecular complexity index is 808. The van der Waals surface area contributed by atoms with Crippen LogP contribution in [0.4, 0.5) is 17.1 Å². The largest absolute Gasteiger partial charge is 0.385 e. The van der Waals surface area contributed by atoms with E-state index in [2.05, 4.69) is 49.4 Å². The molecule has 0 atom stereocenters. The minimum atomic E-state index is 0.919. The highest BCUT2D eigenvalue weighted by Gasteiger charge is 2.13. The fraction of sp³-hybridized carbons (Fsp3) is 0.300. The van der Waals surface area contributed by atoms with E-state index in [4.69, 9.17) is 0 Å². The molecule has 1 aliphatic heterocycles. The van der Waals surface area contributed by atoms with Crippen molar-refractivity contribution in [1.29, 1.82) is 0 Å². The van der Waals surface area contributed by atoms with Crippen LogP contribution in [0.1, 0.15) is 24.4 Å². The van der Waals surface area contributed by atoms with E-state index in [0.717, 1.165) is 43.0 Å². The van der Waals surface area contributed by atoms with E-state index >= 15 is 0 Å². The second-order valence-electron chi connectivity index (χ2n) is 6.39. The topological polar surface area (TPSA) is 54.8 Å². The number of aromatic nitrogens is 3. The molecule has 0 unspecified atom stereocenters. The number of pyridine rings is 1. The van der Waals surface area contributed by atoms with Gasteiger partial charge in [0, 0.05) is 67.3 Å². The van der Waals surface area contributed by atoms with E-state index in [-0.39, 0.29) is 0 Å². The fourth-order valence-electron chi connectivity index (χ4n) is 3.29. The Morgan fingerprint density at radius 2 is 1.68 bits per heavy atom. The second kappa shape index (κ2) is 7.38. The number of aryl methyl sites for hydroxylation is 1. The van der Waals surface area contributed by atoms with Crippen LogP contribution >= 0.6 is 0 Å². The normalized spacial score (nSPS) is 13.3. The molecule has 1 aromatic carbocycles. The molecule has 1 aliphatic rings. The molecule has 4 rings (SSSR count). The van der Waals surface area contributed by atoms with Crippen LogP contribution in [-0.4, -0.2) is 21.1 Å². The molecule has 0 spiro atoms. The van der Waals surface area contributed by atoms with E-state index in [0.29, 0.717) is 0 Å². The zero-order valence-electron chi connectivity index (χ0n) is 14.3. The zero-order valence-corrected chi connectivity index (χ0v) is 14.3. The number of nitrogens with one attached hydrogen (secondary N) is 2. The van der Waals surface area contributed by atoms with E-state index in [9.17, 15) is 0 Å². The Morgan fingerprint density at radius 1 is 0.920 bits per heavy atom. The molecular formula is C20H23N5. The van der Waals surface area contributed by atoms with E-state index in [1.807, 2.05) is 18.3 Å². The van der Waals surface area contributed by atoms with Gasteiger partial charge in [-0.2, -0.15) is 0 Å². The summed E-state index contributed by atoms with van der Waals surface area (Å²) >= 11 is 0. The summed E-state index contributed by atoms with van der Waals surface area (Å²) in [6.45, 7) is 2.04. The van der Waals surface area contributed by atoms with Crippen LogP contribution < -0.4 is 10.6 Å². The van der Waals surface area contributed by atoms with E-state index in [1.165, 1.54) is 24.4 Å². The van der Waals surface area contributed by atoms with Gasteiger partial charge in [-0.15, -0.1) is 0 Å². The summed E-state index contributed by atoms with van der Waals surface area (Å²) in [5.74, 6) is 1.26. The van der Waals surface area contributed by atoms with Gasteiger partial charge in [0.1, 0.15) is 5.82 Å². The summed E-state index contributed by atoms with van der Waals surface area (Å²) in [6.07, 6.45) is 10.3. The van der Waals surface area contributed by atoms with Gasteiger partial charge in [0.05, 0.1) is 0 Å². The third kappa shape index (κ3) is 3.82. The van der Waals surface area contributed by atoms with Gasteiger partial charge >= 0.3 is 0 Å². The first-order valence-corrected chi connectivity index (χ1v) is 8.93. The van der Waals surface area contributed by atoms with Gasteiger partial charge in [0.15, 0.2) is 0 Å². The standard InChI is InChI=1S/C20H23N5/c1-2-14-25-19(15-23-20(25)3-1)10-13-22-16-4-6-17(7-5-16)24-18-8-11-21-12-9-18/h4-9,11-12,15,22H,1-3,10,13-14H2,(H,21,24). The Labute approximate surface area is 148 Å². The number of rotatable bonds is 6. The van der Waals surface area contributed by atoms with Crippen molar-refractivity contribution < 1.29 is 0 Å². The number of nitrogens with zero attached hydrogens (tertiary/aromatic N) is 3. The highest BCUT2D eigenvalue weighted by atomic mass is 15.1. The number of fused-ring (bicyclic) bond motifs is 1. The van der Waals surface area contributed by atoms with Gasteiger partial charge in [-0.05, 0) is 49.2 Å². The number of hydrogen-bond acceptors (Lipinski definition) is 4. The minimum absolute atomic E-state index is 0.919. The summed E-state index contributed by atoms with van der Waals surface area (Å²) in [5.41, 5.74) is 4.60. The average molecular weight is 333 g/mol. The first-order valence-electron chi connectivity index (χ1n) is 8.93. The predicted molar refractivity (Wildman–Crippen MR) is 101 cm³/mol. The molecule has 0 amide bonds. The number of anilines is 3. The van der Waals surface area contributed by atoms with Crippen molar-refractivity contribution in [3.63, 3.8) is 0 Å². The third-order valence-electron chi connectivity index (χ3n) is 4.62. The number of benzene rings is 1. The van der Waals surface area contributed by atoms with Crippen LogP contribution in [0.15, 0.2) is 55.0 Å².